The lowest BCUT2D eigenvalue weighted by Crippen LogP contribution is -2.25. The Morgan fingerprint density at radius 1 is 1.38 bits per heavy atom. The van der Waals surface area contributed by atoms with Gasteiger partial charge in [-0.3, -0.25) is 9.59 Å². The van der Waals surface area contributed by atoms with Crippen LogP contribution in [-0.4, -0.2) is 23.5 Å². The third-order valence-corrected chi connectivity index (χ3v) is 3.14. The van der Waals surface area contributed by atoms with Crippen molar-refractivity contribution in [2.75, 3.05) is 11.4 Å². The van der Waals surface area contributed by atoms with Crippen LogP contribution in [0.2, 0.25) is 0 Å². The third-order valence-electron chi connectivity index (χ3n) is 2.61. The second-order valence-corrected chi connectivity index (χ2v) is 4.64. The van der Waals surface area contributed by atoms with Crippen molar-refractivity contribution in [3.8, 4) is 0 Å². The third kappa shape index (κ3) is 2.09. The highest BCUT2D eigenvalue weighted by Gasteiger charge is 2.34. The van der Waals surface area contributed by atoms with Crippen LogP contribution < -0.4 is 4.90 Å². The summed E-state index contributed by atoms with van der Waals surface area (Å²) >= 11 is 3.31. The van der Waals surface area contributed by atoms with Gasteiger partial charge in [0.1, 0.15) is 0 Å². The summed E-state index contributed by atoms with van der Waals surface area (Å²) in [6.45, 7) is 0.260. The van der Waals surface area contributed by atoms with E-state index in [0.717, 1.165) is 10.2 Å². The zero-order valence-electron chi connectivity index (χ0n) is 8.39. The molecule has 0 radical (unpaired) electrons. The van der Waals surface area contributed by atoms with Gasteiger partial charge in [-0.1, -0.05) is 15.9 Å². The van der Waals surface area contributed by atoms with Crippen LogP contribution in [0.25, 0.3) is 0 Å². The molecule has 84 valence electrons. The SMILES string of the molecule is O=C(O)[C@H]1CC(=O)N(c2ccc(Br)cc2)C1. The van der Waals surface area contributed by atoms with Gasteiger partial charge in [-0.2, -0.15) is 0 Å². The largest absolute Gasteiger partial charge is 0.481 e. The number of hydrogen-bond donors (Lipinski definition) is 1. The van der Waals surface area contributed by atoms with Crippen LogP contribution in [0.4, 0.5) is 5.69 Å². The highest BCUT2D eigenvalue weighted by atomic mass is 79.9. The minimum atomic E-state index is -0.909. The number of benzene rings is 1. The molecule has 0 aliphatic carbocycles. The summed E-state index contributed by atoms with van der Waals surface area (Å²) in [7, 11) is 0. The van der Waals surface area contributed by atoms with Gasteiger partial charge in [0.25, 0.3) is 0 Å². The highest BCUT2D eigenvalue weighted by Crippen LogP contribution is 2.26. The molecule has 1 fully saturated rings. The molecule has 0 aromatic heterocycles. The van der Waals surface area contributed by atoms with E-state index in [1.54, 1.807) is 12.1 Å². The van der Waals surface area contributed by atoms with Crippen LogP contribution in [0.3, 0.4) is 0 Å². The molecule has 5 heteroatoms. The topological polar surface area (TPSA) is 57.6 Å². The first-order valence-electron chi connectivity index (χ1n) is 4.86. The fraction of sp³-hybridized carbons (Fsp3) is 0.273. The summed E-state index contributed by atoms with van der Waals surface area (Å²) in [6.07, 6.45) is 0.0887. The molecular weight excluding hydrogens is 274 g/mol. The Morgan fingerprint density at radius 3 is 2.50 bits per heavy atom. The van der Waals surface area contributed by atoms with E-state index in [1.165, 1.54) is 4.90 Å². The molecule has 1 aliphatic heterocycles. The molecule has 1 saturated heterocycles. The maximum atomic E-state index is 11.6. The van der Waals surface area contributed by atoms with Crippen LogP contribution in [0, 0.1) is 5.92 Å². The lowest BCUT2D eigenvalue weighted by Gasteiger charge is -2.15. The van der Waals surface area contributed by atoms with Crippen molar-refractivity contribution in [2.45, 2.75) is 6.42 Å². The van der Waals surface area contributed by atoms with Crippen molar-refractivity contribution in [3.05, 3.63) is 28.7 Å². The number of carboxylic acid groups (broad SMARTS) is 1. The van der Waals surface area contributed by atoms with E-state index >= 15 is 0 Å². The molecule has 1 heterocycles. The molecule has 1 atom stereocenters. The van der Waals surface area contributed by atoms with Gasteiger partial charge in [0.15, 0.2) is 0 Å². The molecule has 1 N–H and O–H groups in total. The Kier molecular flexibility index (Phi) is 2.96. The van der Waals surface area contributed by atoms with Gasteiger partial charge in [-0.25, -0.2) is 0 Å². The smallest absolute Gasteiger partial charge is 0.308 e. The van der Waals surface area contributed by atoms with Crippen molar-refractivity contribution >= 4 is 33.5 Å². The predicted molar refractivity (Wildman–Crippen MR) is 62.2 cm³/mol. The fourth-order valence-corrected chi connectivity index (χ4v) is 2.01. The van der Waals surface area contributed by atoms with Gasteiger partial charge >= 0.3 is 5.97 Å². The lowest BCUT2D eigenvalue weighted by atomic mass is 10.1. The van der Waals surface area contributed by atoms with E-state index in [2.05, 4.69) is 15.9 Å². The number of hydrogen-bond acceptors (Lipinski definition) is 2. The van der Waals surface area contributed by atoms with E-state index in [4.69, 9.17) is 5.11 Å². The molecule has 16 heavy (non-hydrogen) atoms. The molecule has 1 amide bonds. The summed E-state index contributed by atoms with van der Waals surface area (Å²) < 4.78 is 0.928. The van der Waals surface area contributed by atoms with E-state index < -0.39 is 11.9 Å². The second-order valence-electron chi connectivity index (χ2n) is 3.72. The van der Waals surface area contributed by atoms with Crippen molar-refractivity contribution in [2.24, 2.45) is 5.92 Å². The standard InChI is InChI=1S/C11H10BrNO3/c12-8-1-3-9(4-2-8)13-6-7(11(15)16)5-10(13)14/h1-4,7H,5-6H2,(H,15,16)/t7-/m0/s1. The summed E-state index contributed by atoms with van der Waals surface area (Å²) in [4.78, 5) is 23.9. The highest BCUT2D eigenvalue weighted by molar-refractivity contribution is 9.10. The van der Waals surface area contributed by atoms with Crippen LogP contribution >= 0.6 is 15.9 Å². The first-order chi connectivity index (χ1) is 7.58. The van der Waals surface area contributed by atoms with Crippen LogP contribution in [-0.2, 0) is 9.59 Å². The van der Waals surface area contributed by atoms with Gasteiger partial charge < -0.3 is 10.0 Å². The number of carbonyl (C=O) groups excluding carboxylic acids is 1. The number of carboxylic acids is 1. The van der Waals surface area contributed by atoms with Gasteiger partial charge in [-0.05, 0) is 24.3 Å². The molecule has 0 bridgehead atoms. The van der Waals surface area contributed by atoms with Gasteiger partial charge in [0.2, 0.25) is 5.91 Å². The minimum absolute atomic E-state index is 0.0887. The molecule has 0 unspecified atom stereocenters. The van der Waals surface area contributed by atoms with E-state index in [1.807, 2.05) is 12.1 Å². The Hall–Kier alpha value is -1.36. The van der Waals surface area contributed by atoms with Gasteiger partial charge in [0.05, 0.1) is 5.92 Å². The molecule has 1 aliphatic rings. The molecule has 1 aromatic carbocycles. The molecule has 0 saturated carbocycles. The van der Waals surface area contributed by atoms with Gasteiger partial charge in [-0.15, -0.1) is 0 Å². The van der Waals surface area contributed by atoms with Gasteiger partial charge in [0, 0.05) is 23.1 Å². The number of carbonyl (C=O) groups is 2. The Morgan fingerprint density at radius 2 is 2.00 bits per heavy atom. The molecule has 4 nitrogen and oxygen atoms in total. The number of aliphatic carboxylic acids is 1. The monoisotopic (exact) mass is 283 g/mol. The number of nitrogens with zero attached hydrogens (tertiary/aromatic N) is 1. The van der Waals surface area contributed by atoms with E-state index in [-0.39, 0.29) is 18.9 Å². The molecule has 0 spiro atoms. The summed E-state index contributed by atoms with van der Waals surface area (Å²) in [5.74, 6) is -1.63. The van der Waals surface area contributed by atoms with Crippen molar-refractivity contribution in [1.29, 1.82) is 0 Å². The minimum Gasteiger partial charge on any atom is -0.481 e. The Bertz CT molecular complexity index is 429. The summed E-state index contributed by atoms with van der Waals surface area (Å²) in [6, 6.07) is 7.26. The predicted octanol–water partition coefficient (Wildman–Crippen LogP) is 1.89. The number of anilines is 1. The number of amides is 1. The van der Waals surface area contributed by atoms with Crippen LogP contribution in [0.1, 0.15) is 6.42 Å². The molecule has 1 aromatic rings. The maximum Gasteiger partial charge on any atom is 0.308 e. The second kappa shape index (κ2) is 4.25. The van der Waals surface area contributed by atoms with Crippen molar-refractivity contribution < 1.29 is 14.7 Å². The van der Waals surface area contributed by atoms with Crippen LogP contribution in [0.5, 0.6) is 0 Å². The Balaban J connectivity index is 2.20. The number of rotatable bonds is 2. The van der Waals surface area contributed by atoms with E-state index in [0.29, 0.717) is 0 Å². The molecular formula is C11H10BrNO3. The quantitative estimate of drug-likeness (QED) is 0.902. The first kappa shape index (κ1) is 11.1. The zero-order valence-corrected chi connectivity index (χ0v) is 9.98. The average molecular weight is 284 g/mol. The maximum absolute atomic E-state index is 11.6. The zero-order chi connectivity index (χ0) is 11.7. The lowest BCUT2D eigenvalue weighted by molar-refractivity contribution is -0.141. The Labute approximate surface area is 101 Å². The summed E-state index contributed by atoms with van der Waals surface area (Å²) in [5, 5.41) is 8.85. The first-order valence-corrected chi connectivity index (χ1v) is 5.66. The van der Waals surface area contributed by atoms with E-state index in [9.17, 15) is 9.59 Å². The van der Waals surface area contributed by atoms with Crippen molar-refractivity contribution in [1.82, 2.24) is 0 Å². The normalized spacial score (nSPS) is 20.2. The number of halogens is 1. The average Bonchev–Trinajstić information content (AvgIpc) is 2.62. The van der Waals surface area contributed by atoms with Crippen LogP contribution in [0.15, 0.2) is 28.7 Å². The molecule has 2 rings (SSSR count). The van der Waals surface area contributed by atoms with Crippen molar-refractivity contribution in [3.63, 3.8) is 0 Å². The fourth-order valence-electron chi connectivity index (χ4n) is 1.74. The summed E-state index contributed by atoms with van der Waals surface area (Å²) in [5.41, 5.74) is 0.747.